The van der Waals surface area contributed by atoms with Crippen LogP contribution in [0.15, 0.2) is 340 Å². The molecule has 12 heteroatoms. The molecule has 16 rings (SSSR count). The Hall–Kier alpha value is -13.9. The summed E-state index contributed by atoms with van der Waals surface area (Å²) in [6, 6.07) is 120. The van der Waals surface area contributed by atoms with E-state index in [0.717, 1.165) is 90.5 Å². The fraction of sp³-hybridized carbons (Fsp3) is 0. The largest absolute Gasteiger partial charge is 0.311 e. The summed E-state index contributed by atoms with van der Waals surface area (Å²) in [7, 11) is 0. The highest BCUT2D eigenvalue weighted by molar-refractivity contribution is 6.19. The molecule has 0 saturated heterocycles. The van der Waals surface area contributed by atoms with Crippen molar-refractivity contribution in [2.75, 3.05) is 19.6 Å². The Morgan fingerprint density at radius 3 is 0.469 bits per heavy atom. The van der Waals surface area contributed by atoms with Crippen LogP contribution in [0.1, 0.15) is 11.4 Å². The highest BCUT2D eigenvalue weighted by Gasteiger charge is 2.27. The Morgan fingerprint density at radius 1 is 0.173 bits per heavy atom. The molecule has 0 amide bonds. The number of anilines is 12. The molecule has 0 bridgehead atoms. The zero-order chi connectivity index (χ0) is 65.7. The van der Waals surface area contributed by atoms with Crippen molar-refractivity contribution in [3.63, 3.8) is 0 Å². The summed E-state index contributed by atoms with van der Waals surface area (Å²) in [4.78, 5) is 41.7. The van der Waals surface area contributed by atoms with Crippen LogP contribution in [0.5, 0.6) is 0 Å². The standard InChI is InChI=1S/C86H56N12/c87-57-75-76(58-88)90-82-81(89-75)83-85(93-79(61-45-53-73(54-46-61)97(67-33-17-5-18-34-67)68-35-19-6-20-36-68)77(91-83)59-41-49-71(50-42-59)95(63-25-9-1-10-26-63)64-27-11-2-12-28-64)86-84(82)92-78(60-43-51-72(52-44-60)96(65-29-13-3-14-30-65)66-31-15-4-16-32-66)80(94-86)62-47-55-74(56-48-62)98(69-37-21-7-22-38-69)70-39-23-8-24-40-70/h1-56H. The number of hydrogen-bond acceptors (Lipinski definition) is 12. The molecular weight excluding hydrogens is 1200 g/mol. The average Bonchev–Trinajstić information content (AvgIpc) is 0.716. The first-order valence-corrected chi connectivity index (χ1v) is 32.1. The fourth-order valence-corrected chi connectivity index (χ4v) is 12.7. The minimum Gasteiger partial charge on any atom is -0.311 e. The van der Waals surface area contributed by atoms with E-state index in [2.05, 4.69) is 226 Å². The van der Waals surface area contributed by atoms with Crippen LogP contribution in [0.2, 0.25) is 0 Å². The quantitative estimate of drug-likeness (QED) is 0.0851. The van der Waals surface area contributed by atoms with E-state index in [1.54, 1.807) is 0 Å². The van der Waals surface area contributed by atoms with Gasteiger partial charge in [0.1, 0.15) is 45.2 Å². The zero-order valence-corrected chi connectivity index (χ0v) is 52.7. The van der Waals surface area contributed by atoms with Crippen LogP contribution in [-0.2, 0) is 0 Å². The minimum absolute atomic E-state index is 0.154. The molecule has 3 aromatic heterocycles. The molecule has 0 spiro atoms. The number of nitrogens with zero attached hydrogens (tertiary/aromatic N) is 12. The van der Waals surface area contributed by atoms with Gasteiger partial charge in [-0.3, -0.25) is 0 Å². The first-order chi connectivity index (χ1) is 48.5. The highest BCUT2D eigenvalue weighted by atomic mass is 15.2. The molecule has 0 N–H and O–H groups in total. The third-order valence-electron chi connectivity index (χ3n) is 17.3. The van der Waals surface area contributed by atoms with Gasteiger partial charge in [0.05, 0.1) is 22.8 Å². The van der Waals surface area contributed by atoms with Gasteiger partial charge in [0.15, 0.2) is 11.4 Å². The number of nitriles is 2. The molecule has 0 radical (unpaired) electrons. The molecule has 0 saturated carbocycles. The van der Waals surface area contributed by atoms with E-state index in [-0.39, 0.29) is 22.4 Å². The third-order valence-corrected chi connectivity index (χ3v) is 17.3. The van der Waals surface area contributed by atoms with E-state index in [9.17, 15) is 10.5 Å². The SMILES string of the molecule is N#Cc1nc2c(nc1C#N)c1nc(-c3ccc(N(c4ccccc4)c4ccccc4)cc3)c(-c3ccc(N(c4ccccc4)c4ccccc4)cc3)nc1c1nc(-c3ccc(N(c4ccccc4)c4ccccc4)cc3)c(-c3ccc(N(c4ccccc4)c4ccccc4)cc3)nc21. The first-order valence-electron chi connectivity index (χ1n) is 32.1. The van der Waals surface area contributed by atoms with Gasteiger partial charge in [0.25, 0.3) is 0 Å². The van der Waals surface area contributed by atoms with Crippen LogP contribution in [0.4, 0.5) is 68.2 Å². The maximum Gasteiger partial charge on any atom is 0.177 e. The fourth-order valence-electron chi connectivity index (χ4n) is 12.7. The second-order valence-electron chi connectivity index (χ2n) is 23.3. The molecule has 0 aliphatic heterocycles. The van der Waals surface area contributed by atoms with E-state index in [0.29, 0.717) is 44.8 Å². The van der Waals surface area contributed by atoms with E-state index < -0.39 is 0 Å². The van der Waals surface area contributed by atoms with Crippen molar-refractivity contribution in [1.29, 1.82) is 10.5 Å². The molecule has 12 nitrogen and oxygen atoms in total. The van der Waals surface area contributed by atoms with Crippen molar-refractivity contribution in [2.45, 2.75) is 0 Å². The summed E-state index contributed by atoms with van der Waals surface area (Å²) >= 11 is 0. The van der Waals surface area contributed by atoms with Crippen molar-refractivity contribution in [3.05, 3.63) is 351 Å². The van der Waals surface area contributed by atoms with E-state index in [1.807, 2.05) is 146 Å². The lowest BCUT2D eigenvalue weighted by atomic mass is 10.0. The Kier molecular flexibility index (Phi) is 15.8. The van der Waals surface area contributed by atoms with Gasteiger partial charge in [-0.15, -0.1) is 0 Å². The monoisotopic (exact) mass is 1260 g/mol. The van der Waals surface area contributed by atoms with Crippen molar-refractivity contribution in [1.82, 2.24) is 29.9 Å². The predicted molar refractivity (Wildman–Crippen MR) is 396 cm³/mol. The topological polar surface area (TPSA) is 138 Å². The number of hydrogen-bond donors (Lipinski definition) is 0. The molecule has 0 aliphatic carbocycles. The zero-order valence-electron chi connectivity index (χ0n) is 52.7. The van der Waals surface area contributed by atoms with Gasteiger partial charge < -0.3 is 19.6 Å². The average molecular weight is 1260 g/mol. The summed E-state index contributed by atoms with van der Waals surface area (Å²) in [5, 5.41) is 21.5. The van der Waals surface area contributed by atoms with Gasteiger partial charge >= 0.3 is 0 Å². The molecule has 0 unspecified atom stereocenters. The number of para-hydroxylation sites is 8. The molecule has 13 aromatic carbocycles. The lowest BCUT2D eigenvalue weighted by Crippen LogP contribution is -2.10. The van der Waals surface area contributed by atoms with Gasteiger partial charge in [-0.05, 0) is 146 Å². The maximum atomic E-state index is 10.7. The lowest BCUT2D eigenvalue weighted by Gasteiger charge is -2.26. The van der Waals surface area contributed by atoms with E-state index in [4.69, 9.17) is 29.9 Å². The summed E-state index contributed by atoms with van der Waals surface area (Å²) in [6.07, 6.45) is 0. The molecule has 0 fully saturated rings. The normalized spacial score (nSPS) is 11.0. The number of fused-ring (bicyclic) bond motifs is 6. The number of aromatic nitrogens is 6. The van der Waals surface area contributed by atoms with Crippen LogP contribution in [0.25, 0.3) is 78.1 Å². The second-order valence-corrected chi connectivity index (χ2v) is 23.3. The molecule has 3 heterocycles. The Balaban J connectivity index is 0.943. The number of benzene rings is 13. The van der Waals surface area contributed by atoms with Crippen molar-refractivity contribution in [2.24, 2.45) is 0 Å². The Bertz CT molecular complexity index is 5080. The van der Waals surface area contributed by atoms with Crippen LogP contribution >= 0.6 is 0 Å². The Morgan fingerprint density at radius 2 is 0.316 bits per heavy atom. The predicted octanol–water partition coefficient (Wildman–Crippen LogP) is 21.8. The van der Waals surface area contributed by atoms with E-state index >= 15 is 0 Å². The van der Waals surface area contributed by atoms with Crippen LogP contribution < -0.4 is 19.6 Å². The van der Waals surface area contributed by atoms with Crippen molar-refractivity contribution >= 4 is 101 Å². The van der Waals surface area contributed by atoms with Crippen LogP contribution in [-0.4, -0.2) is 29.9 Å². The molecular formula is C86H56N12. The van der Waals surface area contributed by atoms with Crippen molar-refractivity contribution < 1.29 is 0 Å². The molecule has 0 atom stereocenters. The summed E-state index contributed by atoms with van der Waals surface area (Å²) < 4.78 is 0. The van der Waals surface area contributed by atoms with Crippen LogP contribution in [0.3, 0.4) is 0 Å². The smallest absolute Gasteiger partial charge is 0.177 e. The molecule has 460 valence electrons. The third kappa shape index (κ3) is 11.3. The number of rotatable bonds is 16. The molecule has 16 aromatic rings. The van der Waals surface area contributed by atoms with E-state index in [1.165, 1.54) is 0 Å². The van der Waals surface area contributed by atoms with Gasteiger partial charge in [0.2, 0.25) is 0 Å². The molecule has 98 heavy (non-hydrogen) atoms. The second kappa shape index (κ2) is 26.2. The summed E-state index contributed by atoms with van der Waals surface area (Å²) in [6.45, 7) is 0. The summed E-state index contributed by atoms with van der Waals surface area (Å²) in [5.74, 6) is 0. The van der Waals surface area contributed by atoms with Gasteiger partial charge in [-0.25, -0.2) is 29.9 Å². The maximum absolute atomic E-state index is 10.7. The Labute approximate surface area is 566 Å². The van der Waals surface area contributed by atoms with Crippen molar-refractivity contribution in [3.8, 4) is 57.2 Å². The first kappa shape index (κ1) is 59.1. The lowest BCUT2D eigenvalue weighted by molar-refractivity contribution is 1.19. The highest BCUT2D eigenvalue weighted by Crippen LogP contribution is 2.45. The summed E-state index contributed by atoms with van der Waals surface area (Å²) in [5.41, 5.74) is 18.5. The van der Waals surface area contributed by atoms with Gasteiger partial charge in [-0.1, -0.05) is 194 Å². The molecule has 0 aliphatic rings. The minimum atomic E-state index is -0.154. The van der Waals surface area contributed by atoms with Crippen LogP contribution in [0, 0.1) is 22.7 Å². The van der Waals surface area contributed by atoms with Gasteiger partial charge in [-0.2, -0.15) is 10.5 Å². The van der Waals surface area contributed by atoms with Gasteiger partial charge in [0, 0.05) is 90.5 Å².